The third-order valence-corrected chi connectivity index (χ3v) is 2.02. The zero-order chi connectivity index (χ0) is 9.68. The maximum Gasteiger partial charge on any atom is 0.0615 e. The van der Waals surface area contributed by atoms with E-state index in [4.69, 9.17) is 5.11 Å². The molecule has 0 aliphatic carbocycles. The molecule has 0 aromatic heterocycles. The zero-order valence-corrected chi connectivity index (χ0v) is 8.20. The van der Waals surface area contributed by atoms with E-state index in [1.165, 1.54) is 5.56 Å². The quantitative estimate of drug-likeness (QED) is 0.750. The molecule has 0 aliphatic rings. The van der Waals surface area contributed by atoms with Gasteiger partial charge in [0.1, 0.15) is 0 Å². The van der Waals surface area contributed by atoms with E-state index in [1.807, 2.05) is 6.08 Å². The van der Waals surface area contributed by atoms with E-state index < -0.39 is 0 Å². The van der Waals surface area contributed by atoms with Crippen LogP contribution >= 0.6 is 0 Å². The summed E-state index contributed by atoms with van der Waals surface area (Å²) in [5.41, 5.74) is 2.49. The van der Waals surface area contributed by atoms with Crippen LogP contribution in [0, 0.1) is 0 Å². The van der Waals surface area contributed by atoms with Crippen molar-refractivity contribution >= 4 is 6.08 Å². The highest BCUT2D eigenvalue weighted by Gasteiger charge is 1.96. The van der Waals surface area contributed by atoms with Gasteiger partial charge in [0.2, 0.25) is 0 Å². The van der Waals surface area contributed by atoms with Gasteiger partial charge >= 0.3 is 0 Å². The summed E-state index contributed by atoms with van der Waals surface area (Å²) in [5, 5.41) is 8.58. The smallest absolute Gasteiger partial charge is 0.0615 e. The lowest BCUT2D eigenvalue weighted by Crippen LogP contribution is -1.86. The third kappa shape index (κ3) is 3.03. The second-order valence-corrected chi connectivity index (χ2v) is 3.41. The number of hydrogen-bond acceptors (Lipinski definition) is 1. The van der Waals surface area contributed by atoms with Gasteiger partial charge in [-0.05, 0) is 17.0 Å². The van der Waals surface area contributed by atoms with Gasteiger partial charge in [0.05, 0.1) is 6.61 Å². The SMILES string of the molecule is CC(C)c1ccc(/C=C/CO)cc1. The van der Waals surface area contributed by atoms with Gasteiger partial charge in [-0.2, -0.15) is 0 Å². The predicted octanol–water partition coefficient (Wildman–Crippen LogP) is 2.82. The molecule has 0 saturated heterocycles. The molecule has 0 unspecified atom stereocenters. The first-order valence-electron chi connectivity index (χ1n) is 4.61. The molecule has 0 spiro atoms. The minimum absolute atomic E-state index is 0.103. The van der Waals surface area contributed by atoms with Crippen LogP contribution in [-0.4, -0.2) is 11.7 Å². The van der Waals surface area contributed by atoms with Crippen molar-refractivity contribution in [2.45, 2.75) is 19.8 Å². The molecule has 1 rings (SSSR count). The maximum absolute atomic E-state index is 8.58. The van der Waals surface area contributed by atoms with Gasteiger partial charge in [-0.15, -0.1) is 0 Å². The Morgan fingerprint density at radius 2 is 1.85 bits per heavy atom. The highest BCUT2D eigenvalue weighted by atomic mass is 16.2. The fourth-order valence-corrected chi connectivity index (χ4v) is 1.18. The van der Waals surface area contributed by atoms with Crippen molar-refractivity contribution in [2.24, 2.45) is 0 Å². The van der Waals surface area contributed by atoms with E-state index in [-0.39, 0.29) is 6.61 Å². The van der Waals surface area contributed by atoms with E-state index in [1.54, 1.807) is 6.08 Å². The van der Waals surface area contributed by atoms with Crippen LogP contribution in [0.1, 0.15) is 30.9 Å². The van der Waals surface area contributed by atoms with Gasteiger partial charge in [0, 0.05) is 0 Å². The molecule has 0 fully saturated rings. The molecular weight excluding hydrogens is 160 g/mol. The molecule has 70 valence electrons. The molecule has 0 saturated carbocycles. The van der Waals surface area contributed by atoms with Crippen LogP contribution in [0.5, 0.6) is 0 Å². The Labute approximate surface area is 79.7 Å². The van der Waals surface area contributed by atoms with E-state index >= 15 is 0 Å². The van der Waals surface area contributed by atoms with Crippen molar-refractivity contribution in [1.82, 2.24) is 0 Å². The summed E-state index contributed by atoms with van der Waals surface area (Å²) in [5.74, 6) is 0.580. The van der Waals surface area contributed by atoms with Crippen molar-refractivity contribution in [2.75, 3.05) is 6.61 Å². The Kier molecular flexibility index (Phi) is 3.71. The number of aliphatic hydroxyl groups is 1. The molecule has 0 heterocycles. The summed E-state index contributed by atoms with van der Waals surface area (Å²) < 4.78 is 0. The second-order valence-electron chi connectivity index (χ2n) is 3.41. The maximum atomic E-state index is 8.58. The monoisotopic (exact) mass is 176 g/mol. The number of hydrogen-bond donors (Lipinski definition) is 1. The largest absolute Gasteiger partial charge is 0.392 e. The van der Waals surface area contributed by atoms with E-state index in [2.05, 4.69) is 38.1 Å². The molecule has 1 aromatic rings. The summed E-state index contributed by atoms with van der Waals surface area (Å²) in [6.45, 7) is 4.46. The molecule has 0 bridgehead atoms. The summed E-state index contributed by atoms with van der Waals surface area (Å²) >= 11 is 0. The van der Waals surface area contributed by atoms with Crippen molar-refractivity contribution in [3.05, 3.63) is 41.5 Å². The Balaban J connectivity index is 2.75. The van der Waals surface area contributed by atoms with Crippen LogP contribution in [0.3, 0.4) is 0 Å². The van der Waals surface area contributed by atoms with Crippen LogP contribution in [0.2, 0.25) is 0 Å². The van der Waals surface area contributed by atoms with E-state index in [0.717, 1.165) is 5.56 Å². The van der Waals surface area contributed by atoms with Crippen LogP contribution in [0.15, 0.2) is 30.3 Å². The zero-order valence-electron chi connectivity index (χ0n) is 8.20. The minimum atomic E-state index is 0.103. The lowest BCUT2D eigenvalue weighted by molar-refractivity contribution is 0.343. The van der Waals surface area contributed by atoms with E-state index in [0.29, 0.717) is 5.92 Å². The van der Waals surface area contributed by atoms with Gasteiger partial charge in [-0.3, -0.25) is 0 Å². The third-order valence-electron chi connectivity index (χ3n) is 2.02. The van der Waals surface area contributed by atoms with Gasteiger partial charge in [-0.1, -0.05) is 50.3 Å². The Bertz CT molecular complexity index is 270. The molecule has 0 atom stereocenters. The van der Waals surface area contributed by atoms with Crippen molar-refractivity contribution in [3.8, 4) is 0 Å². The average Bonchev–Trinajstić information content (AvgIpc) is 2.15. The first-order chi connectivity index (χ1) is 6.24. The standard InChI is InChI=1S/C12H16O/c1-10(2)12-7-5-11(6-8-12)4-3-9-13/h3-8,10,13H,9H2,1-2H3/b4-3+. The van der Waals surface area contributed by atoms with Crippen LogP contribution in [-0.2, 0) is 0 Å². The van der Waals surface area contributed by atoms with E-state index in [9.17, 15) is 0 Å². The molecule has 0 aliphatic heterocycles. The van der Waals surface area contributed by atoms with Crippen molar-refractivity contribution < 1.29 is 5.11 Å². The summed E-state index contributed by atoms with van der Waals surface area (Å²) in [6.07, 6.45) is 3.66. The number of benzene rings is 1. The molecule has 1 heteroatoms. The second kappa shape index (κ2) is 4.83. The van der Waals surface area contributed by atoms with Gasteiger partial charge in [-0.25, -0.2) is 0 Å². The van der Waals surface area contributed by atoms with Crippen molar-refractivity contribution in [1.29, 1.82) is 0 Å². The van der Waals surface area contributed by atoms with Gasteiger partial charge < -0.3 is 5.11 Å². The number of aliphatic hydroxyl groups excluding tert-OH is 1. The average molecular weight is 176 g/mol. The molecule has 13 heavy (non-hydrogen) atoms. The summed E-state index contributed by atoms with van der Waals surface area (Å²) in [7, 11) is 0. The predicted molar refractivity (Wildman–Crippen MR) is 56.7 cm³/mol. The fourth-order valence-electron chi connectivity index (χ4n) is 1.18. The fraction of sp³-hybridized carbons (Fsp3) is 0.333. The van der Waals surface area contributed by atoms with Crippen LogP contribution < -0.4 is 0 Å². The molecule has 0 radical (unpaired) electrons. The van der Waals surface area contributed by atoms with Crippen molar-refractivity contribution in [3.63, 3.8) is 0 Å². The molecule has 1 nitrogen and oxygen atoms in total. The Morgan fingerprint density at radius 3 is 2.31 bits per heavy atom. The first-order valence-corrected chi connectivity index (χ1v) is 4.61. The lowest BCUT2D eigenvalue weighted by Gasteiger charge is -2.04. The highest BCUT2D eigenvalue weighted by molar-refractivity contribution is 5.49. The van der Waals surface area contributed by atoms with Gasteiger partial charge in [0.25, 0.3) is 0 Å². The molecule has 0 amide bonds. The van der Waals surface area contributed by atoms with Crippen LogP contribution in [0.4, 0.5) is 0 Å². The van der Waals surface area contributed by atoms with Gasteiger partial charge in [0.15, 0.2) is 0 Å². The molecular formula is C12H16O. The lowest BCUT2D eigenvalue weighted by atomic mass is 10.0. The highest BCUT2D eigenvalue weighted by Crippen LogP contribution is 2.15. The molecule has 1 N–H and O–H groups in total. The topological polar surface area (TPSA) is 20.2 Å². The Morgan fingerprint density at radius 1 is 1.23 bits per heavy atom. The summed E-state index contributed by atoms with van der Waals surface area (Å²) in [4.78, 5) is 0. The van der Waals surface area contributed by atoms with Crippen LogP contribution in [0.25, 0.3) is 6.08 Å². The summed E-state index contributed by atoms with van der Waals surface area (Å²) in [6, 6.07) is 8.40. The normalized spacial score (nSPS) is 11.4. The first kappa shape index (κ1) is 10.0. The Hall–Kier alpha value is -1.08. The molecule has 1 aromatic carbocycles. The number of rotatable bonds is 3. The minimum Gasteiger partial charge on any atom is -0.392 e.